The number of nitrogens with zero attached hydrogens (tertiary/aromatic N) is 1. The molecule has 3 rings (SSSR count). The highest BCUT2D eigenvalue weighted by atomic mass is 35.5. The fourth-order valence-electron chi connectivity index (χ4n) is 3.52. The van der Waals surface area contributed by atoms with E-state index in [1.54, 1.807) is 12.1 Å². The van der Waals surface area contributed by atoms with Gasteiger partial charge in [-0.2, -0.15) is 0 Å². The Labute approximate surface area is 187 Å². The van der Waals surface area contributed by atoms with Crippen LogP contribution in [-0.2, 0) is 9.59 Å². The van der Waals surface area contributed by atoms with Gasteiger partial charge in [0.25, 0.3) is 0 Å². The summed E-state index contributed by atoms with van der Waals surface area (Å²) in [7, 11) is 0. The molecule has 1 fully saturated rings. The van der Waals surface area contributed by atoms with Gasteiger partial charge in [-0.1, -0.05) is 47.5 Å². The van der Waals surface area contributed by atoms with Crippen LogP contribution in [0.4, 0.5) is 0 Å². The molecule has 1 aliphatic rings. The van der Waals surface area contributed by atoms with Crippen LogP contribution in [0.5, 0.6) is 5.75 Å². The van der Waals surface area contributed by atoms with Crippen molar-refractivity contribution in [3.8, 4) is 5.75 Å². The zero-order valence-corrected chi connectivity index (χ0v) is 18.5. The molecular formula is C23H26Cl2N2O3. The zero-order chi connectivity index (χ0) is 21.5. The summed E-state index contributed by atoms with van der Waals surface area (Å²) in [6, 6.07) is 14.6. The first-order valence-electron chi connectivity index (χ1n) is 10.1. The van der Waals surface area contributed by atoms with E-state index in [1.807, 2.05) is 48.2 Å². The third kappa shape index (κ3) is 6.13. The molecule has 2 aromatic carbocycles. The van der Waals surface area contributed by atoms with Gasteiger partial charge in [-0.05, 0) is 49.6 Å². The van der Waals surface area contributed by atoms with Crippen LogP contribution in [0.25, 0.3) is 0 Å². The van der Waals surface area contributed by atoms with Crippen LogP contribution in [0, 0.1) is 5.92 Å². The molecule has 0 bridgehead atoms. The van der Waals surface area contributed by atoms with E-state index in [0.717, 1.165) is 11.3 Å². The van der Waals surface area contributed by atoms with Crippen molar-refractivity contribution in [2.24, 2.45) is 5.92 Å². The molecule has 2 aromatic rings. The quantitative estimate of drug-likeness (QED) is 0.656. The lowest BCUT2D eigenvalue weighted by Gasteiger charge is -2.32. The number of rotatable bonds is 7. The lowest BCUT2D eigenvalue weighted by molar-refractivity contribution is -0.136. The topological polar surface area (TPSA) is 58.6 Å². The summed E-state index contributed by atoms with van der Waals surface area (Å²) >= 11 is 12.0. The summed E-state index contributed by atoms with van der Waals surface area (Å²) in [5.41, 5.74) is 0.906. The summed E-state index contributed by atoms with van der Waals surface area (Å²) in [5, 5.41) is 4.01. The predicted molar refractivity (Wildman–Crippen MR) is 119 cm³/mol. The van der Waals surface area contributed by atoms with E-state index < -0.39 is 0 Å². The smallest absolute Gasteiger partial charge is 0.225 e. The number of hydrogen-bond donors (Lipinski definition) is 1. The van der Waals surface area contributed by atoms with Gasteiger partial charge < -0.3 is 15.0 Å². The van der Waals surface area contributed by atoms with E-state index in [-0.39, 0.29) is 23.8 Å². The summed E-state index contributed by atoms with van der Waals surface area (Å²) in [6.07, 6.45) is 1.65. The number of piperidine rings is 1. The molecule has 30 heavy (non-hydrogen) atoms. The van der Waals surface area contributed by atoms with Gasteiger partial charge in [0.1, 0.15) is 5.75 Å². The number of amides is 2. The molecule has 0 radical (unpaired) electrons. The second kappa shape index (κ2) is 10.7. The van der Waals surface area contributed by atoms with E-state index >= 15 is 0 Å². The molecule has 1 atom stereocenters. The van der Waals surface area contributed by atoms with E-state index in [9.17, 15) is 9.59 Å². The van der Waals surface area contributed by atoms with Crippen molar-refractivity contribution in [3.63, 3.8) is 0 Å². The lowest BCUT2D eigenvalue weighted by atomic mass is 9.95. The number of ether oxygens (including phenoxy) is 1. The number of likely N-dealkylation sites (tertiary alicyclic amines) is 1. The van der Waals surface area contributed by atoms with Crippen LogP contribution in [0.15, 0.2) is 48.5 Å². The molecule has 160 valence electrons. The van der Waals surface area contributed by atoms with E-state index in [1.165, 1.54) is 0 Å². The van der Waals surface area contributed by atoms with E-state index in [2.05, 4.69) is 5.32 Å². The maximum atomic E-state index is 12.6. The second-order valence-corrected chi connectivity index (χ2v) is 8.28. The largest absolute Gasteiger partial charge is 0.493 e. The van der Waals surface area contributed by atoms with E-state index in [0.29, 0.717) is 49.0 Å². The number of nitrogens with one attached hydrogen (secondary N) is 1. The van der Waals surface area contributed by atoms with E-state index in [4.69, 9.17) is 27.9 Å². The zero-order valence-electron chi connectivity index (χ0n) is 16.9. The average molecular weight is 449 g/mol. The second-order valence-electron chi connectivity index (χ2n) is 7.47. The number of halogens is 2. The molecule has 1 unspecified atom stereocenters. The van der Waals surface area contributed by atoms with Crippen LogP contribution >= 0.6 is 23.2 Å². The Bertz CT molecular complexity index is 868. The molecule has 1 N–H and O–H groups in total. The minimum Gasteiger partial charge on any atom is -0.493 e. The monoisotopic (exact) mass is 448 g/mol. The number of benzene rings is 2. The fourth-order valence-corrected chi connectivity index (χ4v) is 3.82. The number of carbonyl (C=O) groups is 2. The molecule has 5 nitrogen and oxygen atoms in total. The maximum Gasteiger partial charge on any atom is 0.225 e. The van der Waals surface area contributed by atoms with Gasteiger partial charge in [0, 0.05) is 19.0 Å². The number of para-hydroxylation sites is 1. The highest BCUT2D eigenvalue weighted by Gasteiger charge is 2.28. The minimum atomic E-state index is -0.165. The lowest BCUT2D eigenvalue weighted by Crippen LogP contribution is -2.43. The highest BCUT2D eigenvalue weighted by Crippen LogP contribution is 2.26. The van der Waals surface area contributed by atoms with Crippen molar-refractivity contribution in [3.05, 3.63) is 64.1 Å². The highest BCUT2D eigenvalue weighted by molar-refractivity contribution is 6.42. The Hall–Kier alpha value is -2.24. The van der Waals surface area contributed by atoms with Gasteiger partial charge in [0.05, 0.1) is 29.1 Å². The molecular weight excluding hydrogens is 423 g/mol. The van der Waals surface area contributed by atoms with Crippen molar-refractivity contribution in [2.45, 2.75) is 32.2 Å². The van der Waals surface area contributed by atoms with Crippen LogP contribution in [-0.4, -0.2) is 36.4 Å². The van der Waals surface area contributed by atoms with Crippen LogP contribution in [0.3, 0.4) is 0 Å². The molecule has 1 heterocycles. The molecule has 1 aliphatic heterocycles. The van der Waals surface area contributed by atoms with Gasteiger partial charge in [-0.3, -0.25) is 9.59 Å². The first-order valence-corrected chi connectivity index (χ1v) is 10.9. The van der Waals surface area contributed by atoms with Gasteiger partial charge in [0.15, 0.2) is 0 Å². The van der Waals surface area contributed by atoms with Crippen LogP contribution < -0.4 is 10.1 Å². The normalized spacial score (nSPS) is 15.5. The standard InChI is InChI=1S/C23H26Cl2N2O3/c1-16(18-7-8-20(24)21(25)15-18)26-23(29)17-9-12-27(13-10-17)22(28)11-14-30-19-5-3-2-4-6-19/h2-8,15-17H,9-14H2,1H3,(H,26,29). The molecule has 1 saturated heterocycles. The summed E-state index contributed by atoms with van der Waals surface area (Å²) < 4.78 is 5.60. The Morgan fingerprint density at radius 1 is 1.10 bits per heavy atom. The number of carbonyl (C=O) groups excluding carboxylic acids is 2. The van der Waals surface area contributed by atoms with Crippen molar-refractivity contribution in [1.82, 2.24) is 10.2 Å². The van der Waals surface area contributed by atoms with Crippen molar-refractivity contribution < 1.29 is 14.3 Å². The first-order chi connectivity index (χ1) is 14.4. The minimum absolute atomic E-state index is 0.00748. The van der Waals surface area contributed by atoms with Crippen LogP contribution in [0.2, 0.25) is 10.0 Å². The SMILES string of the molecule is CC(NC(=O)C1CCN(C(=O)CCOc2ccccc2)CC1)c1ccc(Cl)c(Cl)c1. The number of hydrogen-bond acceptors (Lipinski definition) is 3. The van der Waals surface area contributed by atoms with Gasteiger partial charge in [-0.15, -0.1) is 0 Å². The van der Waals surface area contributed by atoms with Crippen LogP contribution in [0.1, 0.15) is 37.8 Å². The molecule has 0 saturated carbocycles. The summed E-state index contributed by atoms with van der Waals surface area (Å²) in [6.45, 7) is 3.44. The fraction of sp³-hybridized carbons (Fsp3) is 0.391. The summed E-state index contributed by atoms with van der Waals surface area (Å²) in [4.78, 5) is 26.9. The third-order valence-corrected chi connectivity index (χ3v) is 6.09. The van der Waals surface area contributed by atoms with Gasteiger partial charge in [0.2, 0.25) is 11.8 Å². The molecule has 0 aromatic heterocycles. The molecule has 7 heteroatoms. The molecule has 0 aliphatic carbocycles. The Kier molecular flexibility index (Phi) is 8.00. The Morgan fingerprint density at radius 2 is 1.80 bits per heavy atom. The average Bonchev–Trinajstić information content (AvgIpc) is 2.76. The first kappa shape index (κ1) is 22.4. The maximum absolute atomic E-state index is 12.6. The summed E-state index contributed by atoms with van der Waals surface area (Å²) in [5.74, 6) is 0.735. The third-order valence-electron chi connectivity index (χ3n) is 5.35. The Balaban J connectivity index is 1.41. The molecule has 2 amide bonds. The van der Waals surface area contributed by atoms with Gasteiger partial charge >= 0.3 is 0 Å². The van der Waals surface area contributed by atoms with Crippen molar-refractivity contribution >= 4 is 35.0 Å². The van der Waals surface area contributed by atoms with Gasteiger partial charge in [-0.25, -0.2) is 0 Å². The predicted octanol–water partition coefficient (Wildman–Crippen LogP) is 4.88. The van der Waals surface area contributed by atoms with Crippen molar-refractivity contribution in [2.75, 3.05) is 19.7 Å². The Morgan fingerprint density at radius 3 is 2.47 bits per heavy atom. The van der Waals surface area contributed by atoms with Crippen molar-refractivity contribution in [1.29, 1.82) is 0 Å². The molecule has 0 spiro atoms.